The molecule has 3 rings (SSSR count). The molecule has 1 fully saturated rings. The number of carbonyl (C=O) groups excluding carboxylic acids is 2. The van der Waals surface area contributed by atoms with Crippen molar-refractivity contribution in [1.29, 1.82) is 0 Å². The van der Waals surface area contributed by atoms with Gasteiger partial charge in [0.15, 0.2) is 5.69 Å². The Hall–Kier alpha value is -3.23. The molecule has 0 unspecified atom stereocenters. The lowest BCUT2D eigenvalue weighted by Crippen LogP contribution is -2.50. The van der Waals surface area contributed by atoms with Gasteiger partial charge in [-0.05, 0) is 45.0 Å². The number of esters is 1. The average molecular weight is 401 g/mol. The largest absolute Gasteiger partial charge is 0.464 e. The number of benzene rings is 1. The molecular formula is C20H27N5O4. The van der Waals surface area contributed by atoms with Gasteiger partial charge in [0.25, 0.3) is 0 Å². The number of aromatic nitrogens is 2. The Morgan fingerprint density at radius 1 is 1.03 bits per heavy atom. The predicted octanol–water partition coefficient (Wildman–Crippen LogP) is 2.30. The van der Waals surface area contributed by atoms with E-state index in [2.05, 4.69) is 14.7 Å². The van der Waals surface area contributed by atoms with Crippen molar-refractivity contribution in [3.05, 3.63) is 36.2 Å². The van der Waals surface area contributed by atoms with Crippen molar-refractivity contribution in [2.75, 3.05) is 43.9 Å². The summed E-state index contributed by atoms with van der Waals surface area (Å²) in [6.45, 7) is 8.25. The summed E-state index contributed by atoms with van der Waals surface area (Å²) in [4.78, 5) is 27.8. The Labute approximate surface area is 170 Å². The van der Waals surface area contributed by atoms with Crippen molar-refractivity contribution < 1.29 is 19.1 Å². The van der Waals surface area contributed by atoms with Crippen molar-refractivity contribution in [3.8, 4) is 5.69 Å². The van der Waals surface area contributed by atoms with Crippen LogP contribution >= 0.6 is 0 Å². The van der Waals surface area contributed by atoms with Gasteiger partial charge in [0.1, 0.15) is 5.60 Å². The van der Waals surface area contributed by atoms with Gasteiger partial charge in [-0.3, -0.25) is 0 Å². The number of hydrogen-bond acceptors (Lipinski definition) is 7. The highest BCUT2D eigenvalue weighted by molar-refractivity contribution is 5.92. The van der Waals surface area contributed by atoms with E-state index >= 15 is 0 Å². The van der Waals surface area contributed by atoms with Gasteiger partial charge in [-0.2, -0.15) is 5.10 Å². The van der Waals surface area contributed by atoms with Crippen LogP contribution in [-0.2, 0) is 9.47 Å². The van der Waals surface area contributed by atoms with Crippen LogP contribution in [0.5, 0.6) is 0 Å². The van der Waals surface area contributed by atoms with E-state index in [0.29, 0.717) is 13.1 Å². The van der Waals surface area contributed by atoms with Crippen molar-refractivity contribution in [1.82, 2.24) is 14.7 Å². The Morgan fingerprint density at radius 3 is 2.17 bits per heavy atom. The molecule has 0 atom stereocenters. The summed E-state index contributed by atoms with van der Waals surface area (Å²) in [7, 11) is 1.29. The normalized spacial score (nSPS) is 14.6. The van der Waals surface area contributed by atoms with Crippen LogP contribution in [0.1, 0.15) is 31.3 Å². The lowest BCUT2D eigenvalue weighted by Gasteiger charge is -2.36. The maximum Gasteiger partial charge on any atom is 0.410 e. The Bertz CT molecular complexity index is 877. The summed E-state index contributed by atoms with van der Waals surface area (Å²) in [5, 5.41) is 4.20. The second-order valence-corrected chi connectivity index (χ2v) is 7.84. The van der Waals surface area contributed by atoms with Gasteiger partial charge in [-0.25, -0.2) is 14.3 Å². The first-order valence-electron chi connectivity index (χ1n) is 9.45. The SMILES string of the molecule is COC(=O)c1nn(-c2ccc(N3CCN(C(=O)OC(C)(C)C)CC3)cc2)cc1N. The molecule has 1 saturated heterocycles. The fourth-order valence-electron chi connectivity index (χ4n) is 3.06. The van der Waals surface area contributed by atoms with Crippen molar-refractivity contribution >= 4 is 23.4 Å². The third kappa shape index (κ3) is 4.79. The van der Waals surface area contributed by atoms with Gasteiger partial charge >= 0.3 is 12.1 Å². The van der Waals surface area contributed by atoms with Crippen molar-refractivity contribution in [2.45, 2.75) is 26.4 Å². The molecule has 0 saturated carbocycles. The van der Waals surface area contributed by atoms with Gasteiger partial charge in [0.2, 0.25) is 0 Å². The molecule has 1 aromatic heterocycles. The minimum absolute atomic E-state index is 0.0924. The quantitative estimate of drug-likeness (QED) is 0.787. The fourth-order valence-corrected chi connectivity index (χ4v) is 3.06. The first-order chi connectivity index (χ1) is 13.7. The van der Waals surface area contributed by atoms with Crippen LogP contribution in [0.3, 0.4) is 0 Å². The second kappa shape index (κ2) is 8.02. The maximum atomic E-state index is 12.2. The van der Waals surface area contributed by atoms with Gasteiger partial charge in [0, 0.05) is 31.9 Å². The van der Waals surface area contributed by atoms with Gasteiger partial charge in [-0.1, -0.05) is 0 Å². The molecule has 29 heavy (non-hydrogen) atoms. The zero-order valence-electron chi connectivity index (χ0n) is 17.2. The smallest absolute Gasteiger partial charge is 0.410 e. The maximum absolute atomic E-state index is 12.2. The number of hydrogen-bond donors (Lipinski definition) is 1. The number of piperazine rings is 1. The summed E-state index contributed by atoms with van der Waals surface area (Å²) in [5.41, 5.74) is 7.53. The highest BCUT2D eigenvalue weighted by Gasteiger charge is 2.26. The van der Waals surface area contributed by atoms with Gasteiger partial charge in [0.05, 0.1) is 24.7 Å². The van der Waals surface area contributed by atoms with Crippen LogP contribution in [0, 0.1) is 0 Å². The third-order valence-corrected chi connectivity index (χ3v) is 4.53. The molecule has 0 spiro atoms. The first-order valence-corrected chi connectivity index (χ1v) is 9.45. The molecule has 9 nitrogen and oxygen atoms in total. The minimum atomic E-state index is -0.569. The summed E-state index contributed by atoms with van der Waals surface area (Å²) < 4.78 is 11.7. The monoisotopic (exact) mass is 401 g/mol. The zero-order chi connectivity index (χ0) is 21.2. The number of anilines is 2. The van der Waals surface area contributed by atoms with Gasteiger partial charge in [-0.15, -0.1) is 0 Å². The number of nitrogens with zero attached hydrogens (tertiary/aromatic N) is 4. The summed E-state index contributed by atoms with van der Waals surface area (Å²) >= 11 is 0. The van der Waals surface area contributed by atoms with Crippen LogP contribution in [-0.4, -0.2) is 65.6 Å². The number of methoxy groups -OCH3 is 1. The molecule has 1 aliphatic heterocycles. The fraction of sp³-hybridized carbons (Fsp3) is 0.450. The lowest BCUT2D eigenvalue weighted by molar-refractivity contribution is 0.0240. The lowest BCUT2D eigenvalue weighted by atomic mass is 10.2. The van der Waals surface area contributed by atoms with E-state index in [0.717, 1.165) is 24.5 Å². The highest BCUT2D eigenvalue weighted by Crippen LogP contribution is 2.21. The van der Waals surface area contributed by atoms with Crippen LogP contribution in [0.15, 0.2) is 30.5 Å². The zero-order valence-corrected chi connectivity index (χ0v) is 17.2. The van der Waals surface area contributed by atoms with Gasteiger partial charge < -0.3 is 25.0 Å². The van der Waals surface area contributed by atoms with E-state index in [-0.39, 0.29) is 17.5 Å². The molecule has 2 aromatic rings. The van der Waals surface area contributed by atoms with E-state index < -0.39 is 11.6 Å². The molecule has 0 bridgehead atoms. The molecular weight excluding hydrogens is 374 g/mol. The topological polar surface area (TPSA) is 103 Å². The number of rotatable bonds is 3. The number of ether oxygens (including phenoxy) is 2. The molecule has 0 aliphatic carbocycles. The Morgan fingerprint density at radius 2 is 1.62 bits per heavy atom. The molecule has 1 aliphatic rings. The van der Waals surface area contributed by atoms with Crippen LogP contribution in [0.25, 0.3) is 5.69 Å². The molecule has 2 N–H and O–H groups in total. The van der Waals surface area contributed by atoms with E-state index in [4.69, 9.17) is 10.5 Å². The molecule has 156 valence electrons. The number of amides is 1. The standard InChI is InChI=1S/C20H27N5O4/c1-20(2,3)29-19(27)24-11-9-23(10-12-24)14-5-7-15(8-6-14)25-13-16(21)17(22-25)18(26)28-4/h5-8,13H,9-12,21H2,1-4H3. The van der Waals surface area contributed by atoms with Crippen molar-refractivity contribution in [2.24, 2.45) is 0 Å². The Balaban J connectivity index is 1.63. The molecule has 1 aromatic carbocycles. The van der Waals surface area contributed by atoms with Crippen LogP contribution in [0.2, 0.25) is 0 Å². The van der Waals surface area contributed by atoms with E-state index in [1.807, 2.05) is 45.0 Å². The number of nitrogen functional groups attached to an aromatic ring is 1. The molecule has 1 amide bonds. The number of carbonyl (C=O) groups is 2. The van der Waals surface area contributed by atoms with Crippen molar-refractivity contribution in [3.63, 3.8) is 0 Å². The minimum Gasteiger partial charge on any atom is -0.464 e. The Kier molecular flexibility index (Phi) is 5.67. The molecule has 9 heteroatoms. The van der Waals surface area contributed by atoms with E-state index in [1.165, 1.54) is 7.11 Å². The van der Waals surface area contributed by atoms with Crippen LogP contribution in [0.4, 0.5) is 16.2 Å². The first kappa shape index (κ1) is 20.5. The predicted molar refractivity (Wildman–Crippen MR) is 109 cm³/mol. The second-order valence-electron chi connectivity index (χ2n) is 7.84. The highest BCUT2D eigenvalue weighted by atomic mass is 16.6. The summed E-state index contributed by atoms with van der Waals surface area (Å²) in [6, 6.07) is 7.77. The van der Waals surface area contributed by atoms with E-state index in [9.17, 15) is 9.59 Å². The summed E-state index contributed by atoms with van der Waals surface area (Å²) in [5.74, 6) is -0.569. The average Bonchev–Trinajstić information content (AvgIpc) is 3.08. The van der Waals surface area contributed by atoms with Crippen LogP contribution < -0.4 is 10.6 Å². The number of nitrogens with two attached hydrogens (primary N) is 1. The molecule has 2 heterocycles. The third-order valence-electron chi connectivity index (χ3n) is 4.53. The molecule has 0 radical (unpaired) electrons. The van der Waals surface area contributed by atoms with E-state index in [1.54, 1.807) is 15.8 Å². The summed E-state index contributed by atoms with van der Waals surface area (Å²) in [6.07, 6.45) is 1.31.